The van der Waals surface area contributed by atoms with Gasteiger partial charge >= 0.3 is 0 Å². The molecular formula is C20H20F2O3. The molecule has 2 aliphatic rings. The summed E-state index contributed by atoms with van der Waals surface area (Å²) in [5.74, 6) is 0.0571. The molecule has 0 unspecified atom stereocenters. The van der Waals surface area contributed by atoms with E-state index in [9.17, 15) is 8.78 Å². The number of benzene rings is 2. The van der Waals surface area contributed by atoms with E-state index in [0.29, 0.717) is 35.8 Å². The summed E-state index contributed by atoms with van der Waals surface area (Å²) in [6.07, 6.45) is 3.51. The summed E-state index contributed by atoms with van der Waals surface area (Å²) in [7, 11) is 0. The first-order chi connectivity index (χ1) is 12.2. The average Bonchev–Trinajstić information content (AvgIpc) is 2.58. The van der Waals surface area contributed by atoms with Gasteiger partial charge in [-0.1, -0.05) is 6.42 Å². The third-order valence-electron chi connectivity index (χ3n) is 4.92. The molecule has 1 saturated carbocycles. The topological polar surface area (TPSA) is 27.7 Å². The molecule has 5 heteroatoms. The minimum absolute atomic E-state index is 0.0265. The lowest BCUT2D eigenvalue weighted by Gasteiger charge is -2.26. The Bertz CT molecular complexity index is 800. The average molecular weight is 346 g/mol. The summed E-state index contributed by atoms with van der Waals surface area (Å²) in [6, 6.07) is 6.65. The maximum absolute atomic E-state index is 14.8. The van der Waals surface area contributed by atoms with E-state index >= 15 is 0 Å². The molecule has 0 atom stereocenters. The van der Waals surface area contributed by atoms with Gasteiger partial charge in [-0.2, -0.15) is 4.39 Å². The van der Waals surface area contributed by atoms with Gasteiger partial charge in [0.15, 0.2) is 23.1 Å². The quantitative estimate of drug-likeness (QED) is 0.754. The number of rotatable bonds is 5. The number of hydrogen-bond acceptors (Lipinski definition) is 3. The van der Waals surface area contributed by atoms with Crippen LogP contribution in [-0.2, 0) is 6.61 Å². The highest BCUT2D eigenvalue weighted by Gasteiger charge is 2.27. The van der Waals surface area contributed by atoms with Crippen LogP contribution in [0.25, 0.3) is 11.1 Å². The molecule has 25 heavy (non-hydrogen) atoms. The van der Waals surface area contributed by atoms with Crippen LogP contribution in [0.15, 0.2) is 24.3 Å². The molecule has 1 aliphatic heterocycles. The fraction of sp³-hybridized carbons (Fsp3) is 0.400. The number of halogens is 2. The highest BCUT2D eigenvalue weighted by atomic mass is 19.1. The van der Waals surface area contributed by atoms with Crippen LogP contribution in [0.2, 0.25) is 0 Å². The Morgan fingerprint density at radius 2 is 1.72 bits per heavy atom. The highest BCUT2D eigenvalue weighted by molar-refractivity contribution is 5.77. The Kier molecular flexibility index (Phi) is 4.24. The van der Waals surface area contributed by atoms with Crippen molar-refractivity contribution in [2.24, 2.45) is 5.92 Å². The van der Waals surface area contributed by atoms with Crippen LogP contribution in [0.3, 0.4) is 0 Å². The van der Waals surface area contributed by atoms with Gasteiger partial charge in [0.25, 0.3) is 0 Å². The van der Waals surface area contributed by atoms with Gasteiger partial charge in [-0.25, -0.2) is 4.39 Å². The van der Waals surface area contributed by atoms with Crippen molar-refractivity contribution >= 4 is 0 Å². The predicted molar refractivity (Wildman–Crippen MR) is 90.1 cm³/mol. The second-order valence-electron chi connectivity index (χ2n) is 6.49. The van der Waals surface area contributed by atoms with E-state index in [-0.39, 0.29) is 23.9 Å². The first kappa shape index (κ1) is 16.2. The molecule has 4 rings (SSSR count). The van der Waals surface area contributed by atoms with Crippen molar-refractivity contribution in [2.45, 2.75) is 32.8 Å². The Morgan fingerprint density at radius 3 is 2.40 bits per heavy atom. The van der Waals surface area contributed by atoms with E-state index in [0.717, 1.165) is 12.8 Å². The zero-order chi connectivity index (χ0) is 17.4. The molecule has 2 aromatic carbocycles. The molecule has 0 saturated heterocycles. The molecule has 0 bridgehead atoms. The van der Waals surface area contributed by atoms with Gasteiger partial charge in [0, 0.05) is 11.1 Å². The monoisotopic (exact) mass is 346 g/mol. The molecule has 1 fully saturated rings. The summed E-state index contributed by atoms with van der Waals surface area (Å²) in [5.41, 5.74) is 1.57. The van der Waals surface area contributed by atoms with Crippen molar-refractivity contribution in [3.63, 3.8) is 0 Å². The SMILES string of the molecule is CCOc1ccc2c(c1F)OCc1c-2ccc(OCC2CCC2)c1F. The Balaban J connectivity index is 1.66. The Morgan fingerprint density at radius 1 is 1.00 bits per heavy atom. The third kappa shape index (κ3) is 2.81. The number of ether oxygens (including phenoxy) is 3. The molecule has 0 radical (unpaired) electrons. The van der Waals surface area contributed by atoms with Crippen molar-refractivity contribution in [1.82, 2.24) is 0 Å². The summed E-state index contributed by atoms with van der Waals surface area (Å²) < 4.78 is 45.7. The fourth-order valence-electron chi connectivity index (χ4n) is 3.27. The zero-order valence-corrected chi connectivity index (χ0v) is 14.1. The summed E-state index contributed by atoms with van der Waals surface area (Å²) in [4.78, 5) is 0. The maximum Gasteiger partial charge on any atom is 0.207 e. The van der Waals surface area contributed by atoms with Gasteiger partial charge in [0.2, 0.25) is 5.82 Å². The maximum atomic E-state index is 14.8. The third-order valence-corrected chi connectivity index (χ3v) is 4.92. The molecule has 132 valence electrons. The van der Waals surface area contributed by atoms with Crippen molar-refractivity contribution in [2.75, 3.05) is 13.2 Å². The molecule has 0 N–H and O–H groups in total. The Hall–Kier alpha value is -2.30. The van der Waals surface area contributed by atoms with E-state index in [1.54, 1.807) is 31.2 Å². The zero-order valence-electron chi connectivity index (χ0n) is 14.1. The van der Waals surface area contributed by atoms with Crippen LogP contribution in [0.5, 0.6) is 17.2 Å². The number of fused-ring (bicyclic) bond motifs is 3. The van der Waals surface area contributed by atoms with Crippen LogP contribution in [-0.4, -0.2) is 13.2 Å². The van der Waals surface area contributed by atoms with Gasteiger partial charge in [0.1, 0.15) is 6.61 Å². The fourth-order valence-corrected chi connectivity index (χ4v) is 3.27. The van der Waals surface area contributed by atoms with E-state index in [2.05, 4.69) is 0 Å². The van der Waals surface area contributed by atoms with E-state index in [1.165, 1.54) is 6.42 Å². The minimum atomic E-state index is -0.546. The van der Waals surface area contributed by atoms with Crippen LogP contribution >= 0.6 is 0 Å². The lowest BCUT2D eigenvalue weighted by Crippen LogP contribution is -2.20. The summed E-state index contributed by atoms with van der Waals surface area (Å²) in [5, 5.41) is 0. The van der Waals surface area contributed by atoms with Crippen LogP contribution in [0.4, 0.5) is 8.78 Å². The highest BCUT2D eigenvalue weighted by Crippen LogP contribution is 2.44. The largest absolute Gasteiger partial charge is 0.491 e. The lowest BCUT2D eigenvalue weighted by molar-refractivity contribution is 0.174. The van der Waals surface area contributed by atoms with Crippen LogP contribution in [0, 0.1) is 17.6 Å². The van der Waals surface area contributed by atoms with E-state index in [1.807, 2.05) is 0 Å². The van der Waals surface area contributed by atoms with Gasteiger partial charge in [-0.05, 0) is 55.5 Å². The molecule has 1 heterocycles. The van der Waals surface area contributed by atoms with Crippen molar-refractivity contribution in [3.05, 3.63) is 41.5 Å². The van der Waals surface area contributed by atoms with E-state index in [4.69, 9.17) is 14.2 Å². The molecule has 3 nitrogen and oxygen atoms in total. The van der Waals surface area contributed by atoms with Crippen molar-refractivity contribution in [1.29, 1.82) is 0 Å². The minimum Gasteiger partial charge on any atom is -0.491 e. The van der Waals surface area contributed by atoms with E-state index < -0.39 is 11.6 Å². The van der Waals surface area contributed by atoms with Crippen LogP contribution in [0.1, 0.15) is 31.7 Å². The second-order valence-corrected chi connectivity index (χ2v) is 6.49. The second kappa shape index (κ2) is 6.54. The summed E-state index contributed by atoms with van der Waals surface area (Å²) >= 11 is 0. The van der Waals surface area contributed by atoms with Crippen LogP contribution < -0.4 is 14.2 Å². The van der Waals surface area contributed by atoms with Gasteiger partial charge in [0.05, 0.1) is 13.2 Å². The van der Waals surface area contributed by atoms with Crippen molar-refractivity contribution in [3.8, 4) is 28.4 Å². The predicted octanol–water partition coefficient (Wildman–Crippen LogP) is 5.10. The molecule has 0 aromatic heterocycles. The van der Waals surface area contributed by atoms with Gasteiger partial charge < -0.3 is 14.2 Å². The van der Waals surface area contributed by atoms with Crippen molar-refractivity contribution < 1.29 is 23.0 Å². The molecule has 2 aromatic rings. The number of hydrogen-bond donors (Lipinski definition) is 0. The molecule has 0 spiro atoms. The molecule has 0 amide bonds. The smallest absolute Gasteiger partial charge is 0.207 e. The van der Waals surface area contributed by atoms with Gasteiger partial charge in [-0.3, -0.25) is 0 Å². The lowest BCUT2D eigenvalue weighted by atomic mass is 9.86. The summed E-state index contributed by atoms with van der Waals surface area (Å²) in [6.45, 7) is 2.67. The first-order valence-corrected chi connectivity index (χ1v) is 8.71. The first-order valence-electron chi connectivity index (χ1n) is 8.71. The van der Waals surface area contributed by atoms with Gasteiger partial charge in [-0.15, -0.1) is 0 Å². The molecular weight excluding hydrogens is 326 g/mol. The Labute approximate surface area is 145 Å². The standard InChI is InChI=1S/C20H20F2O3/c1-2-23-17-9-7-14-13-6-8-16(24-10-12-4-3-5-12)18(21)15(13)11-25-20(14)19(17)22/h6-9,12H,2-5,10-11H2,1H3. The molecule has 1 aliphatic carbocycles. The normalized spacial score (nSPS) is 15.6.